The van der Waals surface area contributed by atoms with Crippen LogP contribution in [-0.4, -0.2) is 16.1 Å². The number of carbonyl (C=O) groups is 2. The first-order valence-electron chi connectivity index (χ1n) is 9.58. The normalized spacial score (nSPS) is 18.5. The van der Waals surface area contributed by atoms with E-state index in [1.54, 1.807) is 24.3 Å². The van der Waals surface area contributed by atoms with Crippen LogP contribution in [0.2, 0.25) is 15.1 Å². The van der Waals surface area contributed by atoms with Crippen LogP contribution in [0.3, 0.4) is 0 Å². The minimum atomic E-state index is -1.35. The predicted octanol–water partition coefficient (Wildman–Crippen LogP) is 7.56. The number of para-hydroxylation sites is 1. The van der Waals surface area contributed by atoms with Gasteiger partial charge < -0.3 is 10.6 Å². The molecule has 2 N–H and O–H groups in total. The maximum atomic E-state index is 13.9. The maximum Gasteiger partial charge on any atom is 0.257 e. The lowest BCUT2D eigenvalue weighted by atomic mass is 10.1. The average molecular weight is 547 g/mol. The molecule has 10 heteroatoms. The van der Waals surface area contributed by atoms with Crippen LogP contribution in [0.5, 0.6) is 0 Å². The van der Waals surface area contributed by atoms with Crippen molar-refractivity contribution >= 4 is 81.2 Å². The number of hydrogen-bond donors (Lipinski definition) is 2. The number of amides is 2. The Kier molecular flexibility index (Phi) is 6.81. The summed E-state index contributed by atoms with van der Waals surface area (Å²) >= 11 is 31.0. The molecule has 170 valence electrons. The smallest absolute Gasteiger partial charge is 0.257 e. The average Bonchev–Trinajstić information content (AvgIpc) is 3.32. The number of anilines is 2. The van der Waals surface area contributed by atoms with Crippen molar-refractivity contribution in [2.24, 2.45) is 5.92 Å². The van der Waals surface area contributed by atoms with Crippen LogP contribution >= 0.6 is 58.0 Å². The zero-order valence-corrected chi connectivity index (χ0v) is 20.3. The summed E-state index contributed by atoms with van der Waals surface area (Å²) in [6, 6.07) is 15.0. The number of rotatable bonds is 5. The minimum absolute atomic E-state index is 0.00285. The van der Waals surface area contributed by atoms with E-state index in [1.165, 1.54) is 36.4 Å². The van der Waals surface area contributed by atoms with Gasteiger partial charge in [0, 0.05) is 21.7 Å². The zero-order valence-electron chi connectivity index (χ0n) is 16.5. The Balaban J connectivity index is 1.52. The van der Waals surface area contributed by atoms with Gasteiger partial charge in [-0.05, 0) is 54.1 Å². The summed E-state index contributed by atoms with van der Waals surface area (Å²) < 4.78 is 12.5. The molecule has 4 nitrogen and oxygen atoms in total. The topological polar surface area (TPSA) is 58.2 Å². The second-order valence-electron chi connectivity index (χ2n) is 7.45. The van der Waals surface area contributed by atoms with Crippen molar-refractivity contribution in [1.82, 2.24) is 0 Å². The largest absolute Gasteiger partial charge is 0.326 e. The molecule has 0 saturated heterocycles. The van der Waals surface area contributed by atoms with Crippen LogP contribution in [0.25, 0.3) is 0 Å². The fraction of sp³-hybridized carbons (Fsp3) is 0.130. The van der Waals surface area contributed by atoms with E-state index >= 15 is 0 Å². The lowest BCUT2D eigenvalue weighted by molar-refractivity contribution is -0.117. The number of nitrogens with one attached hydrogen (secondary N) is 2. The number of benzene rings is 3. The van der Waals surface area contributed by atoms with Gasteiger partial charge in [0.05, 0.1) is 22.2 Å². The number of halogens is 6. The van der Waals surface area contributed by atoms with E-state index in [2.05, 4.69) is 10.6 Å². The highest BCUT2D eigenvalue weighted by Crippen LogP contribution is 2.65. The van der Waals surface area contributed by atoms with Crippen molar-refractivity contribution in [2.75, 3.05) is 10.6 Å². The van der Waals surface area contributed by atoms with Gasteiger partial charge in [-0.1, -0.05) is 46.9 Å². The van der Waals surface area contributed by atoms with Crippen molar-refractivity contribution in [1.29, 1.82) is 0 Å². The Morgan fingerprint density at radius 1 is 0.879 bits per heavy atom. The van der Waals surface area contributed by atoms with E-state index in [-0.39, 0.29) is 16.3 Å². The molecule has 0 unspecified atom stereocenters. The summed E-state index contributed by atoms with van der Waals surface area (Å²) in [5.74, 6) is -2.98. The van der Waals surface area contributed by atoms with Gasteiger partial charge in [0.1, 0.15) is 10.2 Å². The van der Waals surface area contributed by atoms with E-state index in [4.69, 9.17) is 58.0 Å². The van der Waals surface area contributed by atoms with Gasteiger partial charge in [0.25, 0.3) is 5.91 Å². The quantitative estimate of drug-likeness (QED) is 0.325. The molecule has 4 rings (SSSR count). The van der Waals surface area contributed by atoms with Crippen molar-refractivity contribution in [3.05, 3.63) is 92.7 Å². The van der Waals surface area contributed by atoms with Gasteiger partial charge in [-0.25, -0.2) is 4.39 Å². The minimum Gasteiger partial charge on any atom is -0.326 e. The molecular weight excluding hydrogens is 533 g/mol. The van der Waals surface area contributed by atoms with Crippen molar-refractivity contribution in [2.45, 2.75) is 10.3 Å². The van der Waals surface area contributed by atoms with Crippen molar-refractivity contribution < 1.29 is 14.0 Å². The fourth-order valence-corrected chi connectivity index (χ4v) is 5.15. The molecular formula is C23H14Cl5FN2O2. The zero-order chi connectivity index (χ0) is 23.9. The van der Waals surface area contributed by atoms with Crippen LogP contribution in [0.4, 0.5) is 15.8 Å². The Hall–Kier alpha value is -2.02. The molecule has 0 spiro atoms. The predicted molar refractivity (Wildman–Crippen MR) is 132 cm³/mol. The number of hydrogen-bond acceptors (Lipinski definition) is 2. The second-order valence-corrected chi connectivity index (χ2v) is 10.2. The molecule has 0 heterocycles. The monoisotopic (exact) mass is 544 g/mol. The van der Waals surface area contributed by atoms with E-state index in [1.807, 2.05) is 0 Å². The highest BCUT2D eigenvalue weighted by Gasteiger charge is 2.67. The Bertz CT molecular complexity index is 1250. The summed E-state index contributed by atoms with van der Waals surface area (Å²) in [5.41, 5.74) is 0.985. The van der Waals surface area contributed by atoms with Crippen LogP contribution in [0.15, 0.2) is 60.7 Å². The fourth-order valence-electron chi connectivity index (χ4n) is 3.57. The molecule has 2 atom stereocenters. The van der Waals surface area contributed by atoms with Gasteiger partial charge in [-0.15, -0.1) is 23.2 Å². The Morgan fingerprint density at radius 2 is 1.55 bits per heavy atom. The van der Waals surface area contributed by atoms with E-state index in [0.717, 1.165) is 0 Å². The van der Waals surface area contributed by atoms with Crippen molar-refractivity contribution in [3.63, 3.8) is 0 Å². The van der Waals surface area contributed by atoms with Crippen LogP contribution in [-0.2, 0) is 4.79 Å². The number of alkyl halides is 2. The second kappa shape index (κ2) is 9.32. The lowest BCUT2D eigenvalue weighted by Crippen LogP contribution is -2.18. The molecule has 0 aliphatic heterocycles. The highest BCUT2D eigenvalue weighted by atomic mass is 35.5. The first-order chi connectivity index (χ1) is 15.6. The Morgan fingerprint density at radius 3 is 2.21 bits per heavy atom. The van der Waals surface area contributed by atoms with Gasteiger partial charge in [-0.3, -0.25) is 9.59 Å². The summed E-state index contributed by atoms with van der Waals surface area (Å²) in [5, 5.41) is 6.08. The summed E-state index contributed by atoms with van der Waals surface area (Å²) in [6.45, 7) is 0. The first kappa shape index (κ1) is 24.1. The van der Waals surface area contributed by atoms with Crippen LogP contribution in [0, 0.1) is 11.7 Å². The van der Waals surface area contributed by atoms with Gasteiger partial charge in [0.2, 0.25) is 5.91 Å². The van der Waals surface area contributed by atoms with Gasteiger partial charge >= 0.3 is 0 Å². The summed E-state index contributed by atoms with van der Waals surface area (Å²) in [7, 11) is 0. The van der Waals surface area contributed by atoms with E-state index < -0.39 is 33.8 Å². The first-order valence-corrected chi connectivity index (χ1v) is 11.5. The third-order valence-corrected chi connectivity index (χ3v) is 6.89. The third kappa shape index (κ3) is 5.08. The summed E-state index contributed by atoms with van der Waals surface area (Å²) in [4.78, 5) is 25.5. The molecule has 1 fully saturated rings. The van der Waals surface area contributed by atoms with Crippen LogP contribution < -0.4 is 10.6 Å². The van der Waals surface area contributed by atoms with Crippen LogP contribution in [0.1, 0.15) is 21.8 Å². The molecule has 0 bridgehead atoms. The van der Waals surface area contributed by atoms with Gasteiger partial charge in [0.15, 0.2) is 0 Å². The molecule has 2 amide bonds. The summed E-state index contributed by atoms with van der Waals surface area (Å²) in [6.07, 6.45) is 0. The van der Waals surface area contributed by atoms with Gasteiger partial charge in [-0.2, -0.15) is 0 Å². The van der Waals surface area contributed by atoms with Crippen molar-refractivity contribution in [3.8, 4) is 0 Å². The molecule has 0 radical (unpaired) electrons. The van der Waals surface area contributed by atoms with E-state index in [0.29, 0.717) is 21.3 Å². The molecule has 0 aromatic heterocycles. The molecule has 33 heavy (non-hydrogen) atoms. The molecule has 1 aliphatic rings. The molecule has 1 saturated carbocycles. The number of carbonyl (C=O) groups excluding carboxylic acids is 2. The molecule has 3 aromatic carbocycles. The standard InChI is InChI=1S/C23H14Cl5FN2O2/c24-12-7-11(8-13(25)9-12)19-20(23(19,27)28)22(33)30-14-5-6-16(26)15(10-14)21(32)31-18-4-2-1-3-17(18)29/h1-10,19-20H,(H,30,33)(H,31,32)/t19-,20+/m0/s1. The highest BCUT2D eigenvalue weighted by molar-refractivity contribution is 6.53. The maximum absolute atomic E-state index is 13.9. The Labute approximate surface area is 213 Å². The SMILES string of the molecule is O=C(Nc1ccccc1F)c1cc(NC(=O)[C@H]2[C@H](c3cc(Cl)cc(Cl)c3)C2(Cl)Cl)ccc1Cl. The molecule has 3 aromatic rings. The van der Waals surface area contributed by atoms with E-state index in [9.17, 15) is 14.0 Å². The lowest BCUT2D eigenvalue weighted by Gasteiger charge is -2.11. The third-order valence-electron chi connectivity index (χ3n) is 5.18. The molecule has 1 aliphatic carbocycles.